The Bertz CT molecular complexity index is 833. The molecule has 0 aromatic heterocycles. The number of nitrogens with zero attached hydrogens (tertiary/aromatic N) is 2. The number of phenolic OH excluding ortho intramolecular Hbond substituents is 1. The number of halogens is 1. The molecule has 2 aromatic rings. The van der Waals surface area contributed by atoms with Crippen LogP contribution < -0.4 is 9.47 Å². The van der Waals surface area contributed by atoms with E-state index in [4.69, 9.17) is 21.1 Å². The second-order valence-corrected chi connectivity index (χ2v) is 7.94. The smallest absolute Gasteiger partial charge is 0.160 e. The summed E-state index contributed by atoms with van der Waals surface area (Å²) in [5.74, 6) is 1.39. The van der Waals surface area contributed by atoms with Gasteiger partial charge in [-0.25, -0.2) is 0 Å². The lowest BCUT2D eigenvalue weighted by Gasteiger charge is -2.41. The maximum atomic E-state index is 9.90. The van der Waals surface area contributed by atoms with Crippen molar-refractivity contribution < 1.29 is 19.7 Å². The van der Waals surface area contributed by atoms with E-state index >= 15 is 0 Å². The van der Waals surface area contributed by atoms with Gasteiger partial charge in [-0.05, 0) is 31.0 Å². The molecule has 1 saturated heterocycles. The van der Waals surface area contributed by atoms with Crippen LogP contribution in [-0.2, 0) is 13.1 Å². The minimum absolute atomic E-state index is 0.0437. The average molecular weight is 435 g/mol. The fourth-order valence-electron chi connectivity index (χ4n) is 3.99. The zero-order valence-electron chi connectivity index (χ0n) is 17.7. The van der Waals surface area contributed by atoms with Crippen LogP contribution in [0.15, 0.2) is 36.4 Å². The zero-order chi connectivity index (χ0) is 21.5. The van der Waals surface area contributed by atoms with Crippen LogP contribution in [0.4, 0.5) is 0 Å². The highest BCUT2D eigenvalue weighted by molar-refractivity contribution is 6.31. The lowest BCUT2D eigenvalue weighted by molar-refractivity contribution is 0.0494. The summed E-state index contributed by atoms with van der Waals surface area (Å²) < 4.78 is 11.0. The van der Waals surface area contributed by atoms with Crippen LogP contribution in [0.2, 0.25) is 5.02 Å². The zero-order valence-corrected chi connectivity index (χ0v) is 18.4. The van der Waals surface area contributed by atoms with Crippen molar-refractivity contribution in [2.24, 2.45) is 0 Å². The number of hydrogen-bond acceptors (Lipinski definition) is 6. The lowest BCUT2D eigenvalue weighted by Crippen LogP contribution is -2.52. The van der Waals surface area contributed by atoms with Crippen molar-refractivity contribution in [2.75, 3.05) is 40.0 Å². The first kappa shape index (κ1) is 22.7. The molecule has 7 heteroatoms. The van der Waals surface area contributed by atoms with Crippen LogP contribution in [0.25, 0.3) is 0 Å². The Morgan fingerprint density at radius 2 is 1.90 bits per heavy atom. The molecule has 0 radical (unpaired) electrons. The van der Waals surface area contributed by atoms with Crippen LogP contribution in [0, 0.1) is 0 Å². The maximum absolute atomic E-state index is 9.90. The van der Waals surface area contributed by atoms with E-state index in [0.717, 1.165) is 37.5 Å². The first-order chi connectivity index (χ1) is 14.5. The molecule has 0 amide bonds. The van der Waals surface area contributed by atoms with Gasteiger partial charge in [0.25, 0.3) is 0 Å². The van der Waals surface area contributed by atoms with Crippen molar-refractivity contribution >= 4 is 11.6 Å². The van der Waals surface area contributed by atoms with Crippen LogP contribution in [-0.4, -0.2) is 66.0 Å². The Morgan fingerprint density at radius 1 is 1.10 bits per heavy atom. The van der Waals surface area contributed by atoms with Crippen molar-refractivity contribution in [1.82, 2.24) is 9.80 Å². The van der Waals surface area contributed by atoms with Crippen LogP contribution in [0.5, 0.6) is 17.2 Å². The number of ether oxygens (including phenoxy) is 2. The Balaban J connectivity index is 1.70. The minimum Gasteiger partial charge on any atom is -0.504 e. The summed E-state index contributed by atoms with van der Waals surface area (Å²) in [6.45, 7) is 6.85. The summed E-state index contributed by atoms with van der Waals surface area (Å²) in [4.78, 5) is 4.76. The number of piperazine rings is 1. The van der Waals surface area contributed by atoms with Gasteiger partial charge in [-0.1, -0.05) is 29.8 Å². The molecular weight excluding hydrogens is 404 g/mol. The standard InChI is InChI=1S/C23H31ClN2O4/c1-3-30-22-7-5-4-6-17(22)15-26-10-9-25(16-19(26)8-11-27)14-18-12-23(29-2)21(28)13-20(18)24/h4-7,12-13,19,27-28H,3,8-11,14-16H2,1-2H3/t19-/m0/s1. The summed E-state index contributed by atoms with van der Waals surface area (Å²) in [6.07, 6.45) is 0.708. The van der Waals surface area contributed by atoms with E-state index in [1.165, 1.54) is 18.7 Å². The molecule has 1 aliphatic rings. The van der Waals surface area contributed by atoms with Gasteiger partial charge in [0.05, 0.1) is 13.7 Å². The van der Waals surface area contributed by atoms with Gasteiger partial charge in [0.1, 0.15) is 5.75 Å². The summed E-state index contributed by atoms with van der Waals surface area (Å²) >= 11 is 6.35. The fraction of sp³-hybridized carbons (Fsp3) is 0.478. The van der Waals surface area contributed by atoms with E-state index in [1.807, 2.05) is 25.1 Å². The molecule has 1 heterocycles. The summed E-state index contributed by atoms with van der Waals surface area (Å²) in [6, 6.07) is 11.7. The molecule has 0 spiro atoms. The first-order valence-electron chi connectivity index (χ1n) is 10.4. The second kappa shape index (κ2) is 10.9. The normalized spacial score (nSPS) is 17.8. The predicted octanol–water partition coefficient (Wildman–Crippen LogP) is 3.52. The van der Waals surface area contributed by atoms with Crippen molar-refractivity contribution in [2.45, 2.75) is 32.5 Å². The lowest BCUT2D eigenvalue weighted by atomic mass is 10.1. The molecule has 2 N–H and O–H groups in total. The van der Waals surface area contributed by atoms with E-state index in [9.17, 15) is 10.2 Å². The Morgan fingerprint density at radius 3 is 2.63 bits per heavy atom. The maximum Gasteiger partial charge on any atom is 0.160 e. The molecule has 1 fully saturated rings. The van der Waals surface area contributed by atoms with E-state index in [0.29, 0.717) is 30.3 Å². The molecule has 1 aliphatic heterocycles. The van der Waals surface area contributed by atoms with Gasteiger partial charge in [0.15, 0.2) is 11.5 Å². The number of methoxy groups -OCH3 is 1. The van der Waals surface area contributed by atoms with Gasteiger partial charge < -0.3 is 19.7 Å². The largest absolute Gasteiger partial charge is 0.504 e. The molecule has 6 nitrogen and oxygen atoms in total. The number of benzene rings is 2. The van der Waals surface area contributed by atoms with Gasteiger partial charge in [-0.2, -0.15) is 0 Å². The number of aliphatic hydroxyl groups is 1. The number of aliphatic hydroxyl groups excluding tert-OH is 1. The number of aromatic hydroxyl groups is 1. The highest BCUT2D eigenvalue weighted by atomic mass is 35.5. The molecule has 30 heavy (non-hydrogen) atoms. The van der Waals surface area contributed by atoms with Gasteiger partial charge in [-0.15, -0.1) is 0 Å². The molecule has 2 aromatic carbocycles. The van der Waals surface area contributed by atoms with Crippen LogP contribution in [0.1, 0.15) is 24.5 Å². The highest BCUT2D eigenvalue weighted by Crippen LogP contribution is 2.33. The SMILES string of the molecule is CCOc1ccccc1CN1CCN(Cc2cc(OC)c(O)cc2Cl)C[C@@H]1CCO. The van der Waals surface area contributed by atoms with Crippen molar-refractivity contribution in [3.8, 4) is 17.2 Å². The molecule has 3 rings (SSSR count). The average Bonchev–Trinajstić information content (AvgIpc) is 2.73. The molecular formula is C23H31ClN2O4. The number of para-hydroxylation sites is 1. The summed E-state index contributed by atoms with van der Waals surface area (Å²) in [5, 5.41) is 20.1. The van der Waals surface area contributed by atoms with E-state index in [2.05, 4.69) is 15.9 Å². The Kier molecular flexibility index (Phi) is 8.22. The van der Waals surface area contributed by atoms with E-state index < -0.39 is 0 Å². The highest BCUT2D eigenvalue weighted by Gasteiger charge is 2.28. The Labute approximate surface area is 183 Å². The molecule has 0 unspecified atom stereocenters. The molecule has 0 aliphatic carbocycles. The Hall–Kier alpha value is -1.99. The summed E-state index contributed by atoms with van der Waals surface area (Å²) in [5.41, 5.74) is 2.09. The fourth-order valence-corrected chi connectivity index (χ4v) is 4.21. The minimum atomic E-state index is 0.0437. The first-order valence-corrected chi connectivity index (χ1v) is 10.8. The third kappa shape index (κ3) is 5.58. The van der Waals surface area contributed by atoms with Gasteiger partial charge in [0, 0.05) is 62.0 Å². The monoisotopic (exact) mass is 434 g/mol. The van der Waals surface area contributed by atoms with E-state index in [-0.39, 0.29) is 18.4 Å². The van der Waals surface area contributed by atoms with Crippen molar-refractivity contribution in [3.05, 3.63) is 52.5 Å². The predicted molar refractivity (Wildman–Crippen MR) is 118 cm³/mol. The second-order valence-electron chi connectivity index (χ2n) is 7.53. The van der Waals surface area contributed by atoms with Crippen molar-refractivity contribution in [3.63, 3.8) is 0 Å². The molecule has 1 atom stereocenters. The van der Waals surface area contributed by atoms with Gasteiger partial charge in [0.2, 0.25) is 0 Å². The summed E-state index contributed by atoms with van der Waals surface area (Å²) in [7, 11) is 1.53. The number of phenols is 1. The van der Waals surface area contributed by atoms with Crippen LogP contribution in [0.3, 0.4) is 0 Å². The third-order valence-corrected chi connectivity index (χ3v) is 5.89. The van der Waals surface area contributed by atoms with E-state index in [1.54, 1.807) is 6.07 Å². The molecule has 0 saturated carbocycles. The van der Waals surface area contributed by atoms with Gasteiger partial charge in [-0.3, -0.25) is 9.80 Å². The number of hydrogen-bond donors (Lipinski definition) is 2. The number of rotatable bonds is 9. The van der Waals surface area contributed by atoms with Gasteiger partial charge >= 0.3 is 0 Å². The van der Waals surface area contributed by atoms with Crippen LogP contribution >= 0.6 is 11.6 Å². The molecule has 164 valence electrons. The third-order valence-electron chi connectivity index (χ3n) is 5.54. The topological polar surface area (TPSA) is 65.4 Å². The molecule has 0 bridgehead atoms. The quantitative estimate of drug-likeness (QED) is 0.629. The van der Waals surface area contributed by atoms with Crippen molar-refractivity contribution in [1.29, 1.82) is 0 Å².